The summed E-state index contributed by atoms with van der Waals surface area (Å²) in [6, 6.07) is 9.54. The molecule has 3 nitrogen and oxygen atoms in total. The van der Waals surface area contributed by atoms with E-state index in [1.54, 1.807) is 24.4 Å². The number of aromatic nitrogens is 2. The van der Waals surface area contributed by atoms with E-state index in [0.717, 1.165) is 12.1 Å². The molecule has 23 heavy (non-hydrogen) atoms. The third-order valence-electron chi connectivity index (χ3n) is 3.47. The summed E-state index contributed by atoms with van der Waals surface area (Å²) in [5, 5.41) is 0. The Morgan fingerprint density at radius 3 is 2.35 bits per heavy atom. The monoisotopic (exact) mass is 316 g/mol. The second-order valence-corrected chi connectivity index (χ2v) is 5.02. The molecule has 0 atom stereocenters. The van der Waals surface area contributed by atoms with Gasteiger partial charge in [-0.1, -0.05) is 24.3 Å². The highest BCUT2D eigenvalue weighted by Gasteiger charge is 2.30. The van der Waals surface area contributed by atoms with E-state index in [0.29, 0.717) is 16.6 Å². The third-order valence-corrected chi connectivity index (χ3v) is 3.47. The molecule has 0 aliphatic carbocycles. The molecular weight excluding hydrogens is 305 g/mol. The van der Waals surface area contributed by atoms with E-state index in [1.165, 1.54) is 18.3 Å². The van der Waals surface area contributed by atoms with Gasteiger partial charge in [-0.05, 0) is 23.8 Å². The quantitative estimate of drug-likeness (QED) is 0.684. The molecular formula is C17H11F3N2O. The van der Waals surface area contributed by atoms with Gasteiger partial charge in [-0.25, -0.2) is 0 Å². The van der Waals surface area contributed by atoms with Gasteiger partial charge in [0.15, 0.2) is 5.78 Å². The van der Waals surface area contributed by atoms with Crippen molar-refractivity contribution in [1.29, 1.82) is 0 Å². The highest BCUT2D eigenvalue weighted by Crippen LogP contribution is 2.29. The van der Waals surface area contributed by atoms with Gasteiger partial charge < -0.3 is 0 Å². The molecule has 116 valence electrons. The first-order chi connectivity index (χ1) is 10.9. The fraction of sp³-hybridized carbons (Fsp3) is 0.118. The molecule has 0 saturated heterocycles. The number of hydrogen-bond acceptors (Lipinski definition) is 3. The topological polar surface area (TPSA) is 42.9 Å². The molecule has 0 aliphatic heterocycles. The van der Waals surface area contributed by atoms with Crippen LogP contribution in [0, 0.1) is 0 Å². The number of ketones is 1. The molecule has 0 radical (unpaired) electrons. The summed E-state index contributed by atoms with van der Waals surface area (Å²) < 4.78 is 37.6. The van der Waals surface area contributed by atoms with Crippen LogP contribution in [0.15, 0.2) is 54.9 Å². The fourth-order valence-corrected chi connectivity index (χ4v) is 2.32. The lowest BCUT2D eigenvalue weighted by Gasteiger charge is -2.08. The first-order valence-electron chi connectivity index (χ1n) is 6.84. The van der Waals surface area contributed by atoms with E-state index in [1.807, 2.05) is 0 Å². The number of halogens is 3. The Balaban J connectivity index is 1.86. The van der Waals surface area contributed by atoms with Crippen molar-refractivity contribution in [3.63, 3.8) is 0 Å². The molecule has 3 rings (SSSR count). The molecule has 0 N–H and O–H groups in total. The van der Waals surface area contributed by atoms with Crippen molar-refractivity contribution >= 4 is 16.8 Å². The van der Waals surface area contributed by atoms with Crippen LogP contribution >= 0.6 is 0 Å². The Kier molecular flexibility index (Phi) is 3.82. The van der Waals surface area contributed by atoms with Gasteiger partial charge in [0.2, 0.25) is 0 Å². The van der Waals surface area contributed by atoms with E-state index < -0.39 is 11.7 Å². The molecule has 1 heterocycles. The third kappa shape index (κ3) is 3.21. The summed E-state index contributed by atoms with van der Waals surface area (Å²) in [6.45, 7) is 0. The zero-order valence-corrected chi connectivity index (χ0v) is 11.8. The van der Waals surface area contributed by atoms with E-state index in [9.17, 15) is 18.0 Å². The van der Waals surface area contributed by atoms with Crippen LogP contribution in [0.5, 0.6) is 0 Å². The van der Waals surface area contributed by atoms with Gasteiger partial charge in [-0.3, -0.25) is 14.8 Å². The summed E-state index contributed by atoms with van der Waals surface area (Å²) in [4.78, 5) is 20.7. The molecule has 0 amide bonds. The molecule has 1 aromatic heterocycles. The number of para-hydroxylation sites is 1. The second kappa shape index (κ2) is 5.79. The van der Waals surface area contributed by atoms with E-state index in [4.69, 9.17) is 0 Å². The van der Waals surface area contributed by atoms with Gasteiger partial charge in [-0.2, -0.15) is 13.2 Å². The molecule has 6 heteroatoms. The van der Waals surface area contributed by atoms with Crippen LogP contribution < -0.4 is 0 Å². The summed E-state index contributed by atoms with van der Waals surface area (Å²) in [6.07, 6.45) is -1.26. The first kappa shape index (κ1) is 15.1. The van der Waals surface area contributed by atoms with Crippen LogP contribution in [-0.4, -0.2) is 15.8 Å². The Morgan fingerprint density at radius 2 is 1.65 bits per heavy atom. The minimum atomic E-state index is -4.41. The zero-order valence-electron chi connectivity index (χ0n) is 11.8. The number of hydrogen-bond donors (Lipinski definition) is 0. The minimum absolute atomic E-state index is 0.0569. The maximum atomic E-state index is 12.5. The largest absolute Gasteiger partial charge is 0.416 e. The Labute approximate surface area is 129 Å². The van der Waals surface area contributed by atoms with Gasteiger partial charge in [0.05, 0.1) is 16.6 Å². The smallest absolute Gasteiger partial charge is 0.294 e. The lowest BCUT2D eigenvalue weighted by atomic mass is 10.0. The van der Waals surface area contributed by atoms with Gasteiger partial charge in [0.1, 0.15) is 0 Å². The number of rotatable bonds is 3. The van der Waals surface area contributed by atoms with Crippen molar-refractivity contribution in [3.05, 3.63) is 71.5 Å². The Hall–Kier alpha value is -2.76. The lowest BCUT2D eigenvalue weighted by molar-refractivity contribution is -0.137. The number of alkyl halides is 3. The predicted molar refractivity (Wildman–Crippen MR) is 79.0 cm³/mol. The van der Waals surface area contributed by atoms with Crippen molar-refractivity contribution in [2.24, 2.45) is 0 Å². The van der Waals surface area contributed by atoms with Crippen LogP contribution in [0.1, 0.15) is 21.5 Å². The highest BCUT2D eigenvalue weighted by atomic mass is 19.4. The average Bonchev–Trinajstić information content (AvgIpc) is 2.54. The van der Waals surface area contributed by atoms with Crippen molar-refractivity contribution in [3.8, 4) is 0 Å². The van der Waals surface area contributed by atoms with Gasteiger partial charge >= 0.3 is 6.18 Å². The van der Waals surface area contributed by atoms with Crippen LogP contribution in [0.3, 0.4) is 0 Å². The lowest BCUT2D eigenvalue weighted by Crippen LogP contribution is -2.08. The molecule has 0 saturated carbocycles. The van der Waals surface area contributed by atoms with Crippen LogP contribution in [-0.2, 0) is 12.6 Å². The van der Waals surface area contributed by atoms with Crippen molar-refractivity contribution in [2.45, 2.75) is 12.6 Å². The number of Topliss-reactive ketones (excluding diaryl/α,β-unsaturated/α-hetero) is 1. The number of fused-ring (bicyclic) bond motifs is 1. The standard InChI is InChI=1S/C17H11F3N2O/c18-17(19,20)13-6-4-11(5-7-13)15(23)10-12-2-1-3-14-16(12)22-9-8-21-14/h1-9H,10H2. The normalized spacial score (nSPS) is 11.6. The summed E-state index contributed by atoms with van der Waals surface area (Å²) >= 11 is 0. The molecule has 0 unspecified atom stereocenters. The molecule has 3 aromatic rings. The van der Waals surface area contributed by atoms with Crippen LogP contribution in [0.4, 0.5) is 13.2 Å². The van der Waals surface area contributed by atoms with Crippen molar-refractivity contribution in [1.82, 2.24) is 9.97 Å². The Bertz CT molecular complexity index is 852. The highest BCUT2D eigenvalue weighted by molar-refractivity contribution is 5.99. The maximum absolute atomic E-state index is 12.5. The van der Waals surface area contributed by atoms with E-state index in [-0.39, 0.29) is 17.8 Å². The molecule has 0 aliphatic rings. The summed E-state index contributed by atoms with van der Waals surface area (Å²) in [7, 11) is 0. The van der Waals surface area contributed by atoms with E-state index >= 15 is 0 Å². The number of benzene rings is 2. The van der Waals surface area contributed by atoms with Crippen LogP contribution in [0.2, 0.25) is 0 Å². The van der Waals surface area contributed by atoms with E-state index in [2.05, 4.69) is 9.97 Å². The first-order valence-corrected chi connectivity index (χ1v) is 6.84. The maximum Gasteiger partial charge on any atom is 0.416 e. The predicted octanol–water partition coefficient (Wildman–Crippen LogP) is 4.07. The number of carbonyl (C=O) groups is 1. The van der Waals surface area contributed by atoms with Crippen molar-refractivity contribution in [2.75, 3.05) is 0 Å². The average molecular weight is 316 g/mol. The van der Waals surface area contributed by atoms with Crippen LogP contribution in [0.25, 0.3) is 11.0 Å². The molecule has 2 aromatic carbocycles. The van der Waals surface area contributed by atoms with Gasteiger partial charge in [0.25, 0.3) is 0 Å². The molecule has 0 fully saturated rings. The van der Waals surface area contributed by atoms with Crippen molar-refractivity contribution < 1.29 is 18.0 Å². The minimum Gasteiger partial charge on any atom is -0.294 e. The second-order valence-electron chi connectivity index (χ2n) is 5.02. The molecule has 0 spiro atoms. The fourth-order valence-electron chi connectivity index (χ4n) is 2.32. The number of carbonyl (C=O) groups excluding carboxylic acids is 1. The zero-order chi connectivity index (χ0) is 16.4. The van der Waals surface area contributed by atoms with Gasteiger partial charge in [0, 0.05) is 24.4 Å². The number of nitrogens with zero attached hydrogens (tertiary/aromatic N) is 2. The van der Waals surface area contributed by atoms with Gasteiger partial charge in [-0.15, -0.1) is 0 Å². The Morgan fingerprint density at radius 1 is 0.957 bits per heavy atom. The SMILES string of the molecule is O=C(Cc1cccc2nccnc12)c1ccc(C(F)(F)F)cc1. The summed E-state index contributed by atoms with van der Waals surface area (Å²) in [5.41, 5.74) is 1.45. The molecule has 0 bridgehead atoms. The summed E-state index contributed by atoms with van der Waals surface area (Å²) in [5.74, 6) is -0.267.